The summed E-state index contributed by atoms with van der Waals surface area (Å²) >= 11 is 0. The second-order valence-corrected chi connectivity index (χ2v) is 17.4. The fourth-order valence-corrected chi connectivity index (χ4v) is 6.85. The van der Waals surface area contributed by atoms with Gasteiger partial charge in [0.25, 0.3) is 0 Å². The second-order valence-electron chi connectivity index (χ2n) is 17.4. The molecule has 386 valence electrons. The lowest BCUT2D eigenvalue weighted by atomic mass is 10.0. The van der Waals surface area contributed by atoms with Gasteiger partial charge < -0.3 is 14.2 Å². The van der Waals surface area contributed by atoms with Crippen molar-refractivity contribution in [3.63, 3.8) is 0 Å². The Labute approximate surface area is 423 Å². The van der Waals surface area contributed by atoms with E-state index in [2.05, 4.69) is 142 Å². The third kappa shape index (κ3) is 54.1. The van der Waals surface area contributed by atoms with E-state index in [4.69, 9.17) is 14.2 Å². The summed E-state index contributed by atoms with van der Waals surface area (Å²) in [6, 6.07) is 0. The van der Waals surface area contributed by atoms with Gasteiger partial charge in [0.2, 0.25) is 0 Å². The van der Waals surface area contributed by atoms with Crippen LogP contribution >= 0.6 is 0 Å². The smallest absolute Gasteiger partial charge is 0.306 e. The minimum Gasteiger partial charge on any atom is -0.462 e. The molecule has 0 aliphatic heterocycles. The molecule has 0 aliphatic rings. The average molecular weight is 951 g/mol. The van der Waals surface area contributed by atoms with Gasteiger partial charge in [-0.15, -0.1) is 0 Å². The molecule has 0 radical (unpaired) electrons. The van der Waals surface area contributed by atoms with E-state index >= 15 is 0 Å². The Morgan fingerprint density at radius 3 is 0.884 bits per heavy atom. The Bertz CT molecular complexity index is 1560. The van der Waals surface area contributed by atoms with Crippen molar-refractivity contribution in [3.8, 4) is 0 Å². The molecule has 0 saturated heterocycles. The maximum absolute atomic E-state index is 12.8. The first kappa shape index (κ1) is 64.3. The van der Waals surface area contributed by atoms with Crippen LogP contribution in [0.4, 0.5) is 0 Å². The van der Waals surface area contributed by atoms with Crippen molar-refractivity contribution >= 4 is 17.9 Å². The van der Waals surface area contributed by atoms with Crippen LogP contribution in [0.25, 0.3) is 0 Å². The molecule has 0 spiro atoms. The maximum atomic E-state index is 12.8. The van der Waals surface area contributed by atoms with E-state index in [1.54, 1.807) is 0 Å². The second kappa shape index (κ2) is 55.9. The summed E-state index contributed by atoms with van der Waals surface area (Å²) in [7, 11) is 0. The monoisotopic (exact) mass is 951 g/mol. The van der Waals surface area contributed by atoms with E-state index < -0.39 is 12.1 Å². The van der Waals surface area contributed by atoms with E-state index in [0.717, 1.165) is 96.3 Å². The molecule has 0 fully saturated rings. The highest BCUT2D eigenvalue weighted by molar-refractivity contribution is 5.71. The summed E-state index contributed by atoms with van der Waals surface area (Å²) in [5.74, 6) is -1.12. The van der Waals surface area contributed by atoms with Crippen molar-refractivity contribution in [2.75, 3.05) is 13.2 Å². The van der Waals surface area contributed by atoms with Gasteiger partial charge in [-0.1, -0.05) is 244 Å². The number of esters is 3. The molecule has 6 heteroatoms. The number of ether oxygens (including phenoxy) is 3. The van der Waals surface area contributed by atoms with Crippen molar-refractivity contribution in [1.29, 1.82) is 0 Å². The van der Waals surface area contributed by atoms with Crippen LogP contribution in [0.1, 0.15) is 213 Å². The summed E-state index contributed by atoms with van der Waals surface area (Å²) in [6.45, 7) is 6.27. The van der Waals surface area contributed by atoms with Crippen LogP contribution in [0.3, 0.4) is 0 Å². The molecule has 0 aliphatic carbocycles. The first-order valence-electron chi connectivity index (χ1n) is 27.3. The van der Waals surface area contributed by atoms with E-state index in [1.165, 1.54) is 64.2 Å². The third-order valence-electron chi connectivity index (χ3n) is 10.9. The van der Waals surface area contributed by atoms with Crippen molar-refractivity contribution in [1.82, 2.24) is 0 Å². The van der Waals surface area contributed by atoms with Gasteiger partial charge in [0.05, 0.1) is 0 Å². The molecular formula is C63H98O6. The molecule has 0 unspecified atom stereocenters. The van der Waals surface area contributed by atoms with Crippen LogP contribution in [0.5, 0.6) is 0 Å². The standard InChI is InChI=1S/C63H98O6/c1-4-7-10-13-16-19-22-25-27-29-31-33-35-38-41-44-47-50-53-56-62(65)68-59-60(58-67-61(64)55-52-49-46-43-40-37-24-21-18-15-12-9-6-3)69-63(66)57-54-51-48-45-42-39-36-34-32-30-28-26-23-20-17-14-11-8-5-2/h7-8,10-11,16-17,19-20,25-28,31-34,38-39,41-42,47-48,50-51,60H,4-6,9,12-15,18,21-24,29-30,35-37,40,43-46,49,52-59H2,1-3H3/b10-7+,11-8+,19-16+,20-17+,27-25+,28-26+,33-31+,34-32+,41-38+,42-39+,50-47+,51-48+/t60-/m1/s1. The Morgan fingerprint density at radius 2 is 0.565 bits per heavy atom. The minimum absolute atomic E-state index is 0.136. The van der Waals surface area contributed by atoms with Gasteiger partial charge in [0.1, 0.15) is 13.2 Å². The van der Waals surface area contributed by atoms with E-state index in [9.17, 15) is 14.4 Å². The molecule has 0 N–H and O–H groups in total. The molecule has 1 atom stereocenters. The number of hydrogen-bond acceptors (Lipinski definition) is 6. The molecule has 0 aromatic carbocycles. The van der Waals surface area contributed by atoms with Crippen molar-refractivity contribution in [2.45, 2.75) is 219 Å². The number of hydrogen-bond donors (Lipinski definition) is 0. The number of rotatable bonds is 47. The lowest BCUT2D eigenvalue weighted by Gasteiger charge is -2.18. The predicted octanol–water partition coefficient (Wildman–Crippen LogP) is 18.4. The topological polar surface area (TPSA) is 78.9 Å². The zero-order chi connectivity index (χ0) is 50.0. The summed E-state index contributed by atoms with van der Waals surface area (Å²) in [4.78, 5) is 38.0. The summed E-state index contributed by atoms with van der Waals surface area (Å²) in [5.41, 5.74) is 0. The highest BCUT2D eigenvalue weighted by atomic mass is 16.6. The molecule has 69 heavy (non-hydrogen) atoms. The van der Waals surface area contributed by atoms with E-state index in [-0.39, 0.29) is 38.0 Å². The first-order valence-corrected chi connectivity index (χ1v) is 27.3. The van der Waals surface area contributed by atoms with Crippen molar-refractivity contribution in [3.05, 3.63) is 146 Å². The summed E-state index contributed by atoms with van der Waals surface area (Å²) in [5, 5.41) is 0. The molecule has 0 rings (SSSR count). The molecule has 6 nitrogen and oxygen atoms in total. The van der Waals surface area contributed by atoms with Gasteiger partial charge in [0, 0.05) is 19.3 Å². The SMILES string of the molecule is CC/C=C/C/C=C/C/C=C/C/C=C/C/C=C/C/C=C/CCC(=O)OC[C@@H](COC(=O)CCCCCCCCCCCCCCC)OC(=O)CC/C=C/C/C=C/C/C=C/C/C=C/C/C=C/C/C=C/CC. The van der Waals surface area contributed by atoms with Crippen LogP contribution in [-0.2, 0) is 28.6 Å². The highest BCUT2D eigenvalue weighted by Crippen LogP contribution is 2.14. The maximum Gasteiger partial charge on any atom is 0.306 e. The van der Waals surface area contributed by atoms with Gasteiger partial charge in [-0.05, 0) is 96.3 Å². The van der Waals surface area contributed by atoms with Crippen LogP contribution in [0.15, 0.2) is 146 Å². The Hall–Kier alpha value is -4.71. The molecule has 0 saturated carbocycles. The highest BCUT2D eigenvalue weighted by Gasteiger charge is 2.19. The number of allylic oxidation sites excluding steroid dienone is 24. The van der Waals surface area contributed by atoms with Crippen molar-refractivity contribution in [2.24, 2.45) is 0 Å². The van der Waals surface area contributed by atoms with Crippen LogP contribution in [0.2, 0.25) is 0 Å². The van der Waals surface area contributed by atoms with Gasteiger partial charge in [-0.25, -0.2) is 0 Å². The Kier molecular flexibility index (Phi) is 52.1. The first-order chi connectivity index (χ1) is 34.0. The molecule has 0 bridgehead atoms. The fourth-order valence-electron chi connectivity index (χ4n) is 6.85. The van der Waals surface area contributed by atoms with Gasteiger partial charge >= 0.3 is 17.9 Å². The Morgan fingerprint density at radius 1 is 0.304 bits per heavy atom. The number of carbonyl (C=O) groups excluding carboxylic acids is 3. The molecule has 0 aromatic heterocycles. The molecular weight excluding hydrogens is 853 g/mol. The summed E-state index contributed by atoms with van der Waals surface area (Å²) < 4.78 is 16.7. The van der Waals surface area contributed by atoms with E-state index in [0.29, 0.717) is 19.3 Å². The van der Waals surface area contributed by atoms with Crippen LogP contribution in [0, 0.1) is 0 Å². The normalized spacial score (nSPS) is 13.3. The van der Waals surface area contributed by atoms with Gasteiger partial charge in [-0.2, -0.15) is 0 Å². The van der Waals surface area contributed by atoms with Gasteiger partial charge in [-0.3, -0.25) is 14.4 Å². The third-order valence-corrected chi connectivity index (χ3v) is 10.9. The summed E-state index contributed by atoms with van der Waals surface area (Å²) in [6.07, 6.45) is 80.0. The van der Waals surface area contributed by atoms with Crippen LogP contribution in [-0.4, -0.2) is 37.2 Å². The minimum atomic E-state index is -0.854. The predicted molar refractivity (Wildman–Crippen MR) is 297 cm³/mol. The average Bonchev–Trinajstić information content (AvgIpc) is 3.35. The fraction of sp³-hybridized carbons (Fsp3) is 0.571. The molecule has 0 heterocycles. The molecule has 0 aromatic rings. The quantitative estimate of drug-likeness (QED) is 0.0262. The number of unbranched alkanes of at least 4 members (excludes halogenated alkanes) is 12. The largest absolute Gasteiger partial charge is 0.462 e. The zero-order valence-corrected chi connectivity index (χ0v) is 44.0. The Balaban J connectivity index is 4.64. The molecule has 0 amide bonds. The zero-order valence-electron chi connectivity index (χ0n) is 44.0. The lowest BCUT2D eigenvalue weighted by molar-refractivity contribution is -0.166. The van der Waals surface area contributed by atoms with Crippen molar-refractivity contribution < 1.29 is 28.6 Å². The lowest BCUT2D eigenvalue weighted by Crippen LogP contribution is -2.30. The van der Waals surface area contributed by atoms with Crippen LogP contribution < -0.4 is 0 Å². The van der Waals surface area contributed by atoms with E-state index in [1.807, 2.05) is 24.3 Å². The number of carbonyl (C=O) groups is 3. The van der Waals surface area contributed by atoms with Gasteiger partial charge in [0.15, 0.2) is 6.10 Å².